The van der Waals surface area contributed by atoms with Gasteiger partial charge in [-0.25, -0.2) is 0 Å². The van der Waals surface area contributed by atoms with Crippen LogP contribution in [0, 0.1) is 12.8 Å². The summed E-state index contributed by atoms with van der Waals surface area (Å²) in [5.74, 6) is 2.54. The lowest BCUT2D eigenvalue weighted by atomic mass is 10.0. The standard InChI is InChI=1S/C22H36N4O2/c1-17-6-4-5-7-21(17)28-18(2)14-24-22(23-3)25-20-8-11-26(12-9-20)15-19-10-13-27-16-19/h4-7,18-20H,8-16H2,1-3H3,(H2,23,24,25). The molecule has 0 bridgehead atoms. The van der Waals surface area contributed by atoms with Gasteiger partial charge in [-0.05, 0) is 50.7 Å². The second kappa shape index (κ2) is 10.7. The van der Waals surface area contributed by atoms with Crippen LogP contribution in [0.5, 0.6) is 5.75 Å². The number of hydrogen-bond donors (Lipinski definition) is 2. The highest BCUT2D eigenvalue weighted by Gasteiger charge is 2.24. The van der Waals surface area contributed by atoms with E-state index in [0.717, 1.165) is 62.3 Å². The molecule has 6 nitrogen and oxygen atoms in total. The van der Waals surface area contributed by atoms with Gasteiger partial charge >= 0.3 is 0 Å². The molecule has 2 saturated heterocycles. The number of aliphatic imine (C=N–C) groups is 1. The quantitative estimate of drug-likeness (QED) is 0.555. The molecule has 156 valence electrons. The van der Waals surface area contributed by atoms with Gasteiger partial charge in [0, 0.05) is 39.3 Å². The molecule has 2 fully saturated rings. The number of piperidine rings is 1. The Bertz CT molecular complexity index is 623. The summed E-state index contributed by atoms with van der Waals surface area (Å²) >= 11 is 0. The third-order valence-corrected chi connectivity index (χ3v) is 5.67. The van der Waals surface area contributed by atoms with Crippen molar-refractivity contribution in [3.05, 3.63) is 29.8 Å². The Kier molecular flexibility index (Phi) is 7.98. The molecule has 0 radical (unpaired) electrons. The first-order valence-electron chi connectivity index (χ1n) is 10.6. The Morgan fingerprint density at radius 2 is 2.07 bits per heavy atom. The van der Waals surface area contributed by atoms with E-state index in [1.54, 1.807) is 0 Å². The lowest BCUT2D eigenvalue weighted by molar-refractivity contribution is 0.150. The molecule has 2 aliphatic heterocycles. The number of aryl methyl sites for hydroxylation is 1. The fourth-order valence-corrected chi connectivity index (χ4v) is 3.93. The van der Waals surface area contributed by atoms with Crippen molar-refractivity contribution in [1.29, 1.82) is 0 Å². The highest BCUT2D eigenvalue weighted by atomic mass is 16.5. The lowest BCUT2D eigenvalue weighted by Gasteiger charge is -2.34. The van der Waals surface area contributed by atoms with Crippen molar-refractivity contribution >= 4 is 5.96 Å². The molecule has 1 aromatic carbocycles. The number of para-hydroxylation sites is 1. The number of guanidine groups is 1. The van der Waals surface area contributed by atoms with Crippen molar-refractivity contribution < 1.29 is 9.47 Å². The fourth-order valence-electron chi connectivity index (χ4n) is 3.93. The SMILES string of the molecule is CN=C(NCC(C)Oc1ccccc1C)NC1CCN(CC2CCOC2)CC1. The van der Waals surface area contributed by atoms with Crippen molar-refractivity contribution in [1.82, 2.24) is 15.5 Å². The molecule has 28 heavy (non-hydrogen) atoms. The van der Waals surface area contributed by atoms with Gasteiger partial charge in [0.1, 0.15) is 11.9 Å². The van der Waals surface area contributed by atoms with Crippen LogP contribution in [0.4, 0.5) is 0 Å². The molecule has 0 spiro atoms. The summed E-state index contributed by atoms with van der Waals surface area (Å²) in [5.41, 5.74) is 1.16. The van der Waals surface area contributed by atoms with Crippen LogP contribution in [0.25, 0.3) is 0 Å². The van der Waals surface area contributed by atoms with Crippen molar-refractivity contribution in [2.24, 2.45) is 10.9 Å². The van der Waals surface area contributed by atoms with Crippen molar-refractivity contribution in [2.75, 3.05) is 46.4 Å². The van der Waals surface area contributed by atoms with Gasteiger partial charge < -0.3 is 25.0 Å². The van der Waals surface area contributed by atoms with Gasteiger partial charge in [0.2, 0.25) is 0 Å². The number of ether oxygens (including phenoxy) is 2. The smallest absolute Gasteiger partial charge is 0.191 e. The average Bonchev–Trinajstić information content (AvgIpc) is 3.21. The first-order chi connectivity index (χ1) is 13.6. The molecule has 2 N–H and O–H groups in total. The summed E-state index contributed by atoms with van der Waals surface area (Å²) in [6.45, 7) is 10.2. The molecular formula is C22H36N4O2. The molecule has 2 aliphatic rings. The molecular weight excluding hydrogens is 352 g/mol. The highest BCUT2D eigenvalue weighted by molar-refractivity contribution is 5.80. The minimum Gasteiger partial charge on any atom is -0.489 e. The van der Waals surface area contributed by atoms with E-state index in [1.165, 1.54) is 13.0 Å². The Morgan fingerprint density at radius 1 is 1.29 bits per heavy atom. The third kappa shape index (κ3) is 6.38. The summed E-state index contributed by atoms with van der Waals surface area (Å²) in [4.78, 5) is 6.98. The van der Waals surface area contributed by atoms with E-state index in [9.17, 15) is 0 Å². The molecule has 0 aliphatic carbocycles. The topological polar surface area (TPSA) is 58.1 Å². The van der Waals surface area contributed by atoms with Crippen LogP contribution in [0.15, 0.2) is 29.3 Å². The molecule has 0 aromatic heterocycles. The van der Waals surface area contributed by atoms with E-state index in [2.05, 4.69) is 40.4 Å². The molecule has 6 heteroatoms. The summed E-state index contributed by atoms with van der Waals surface area (Å²) in [7, 11) is 1.83. The van der Waals surface area contributed by atoms with E-state index in [4.69, 9.17) is 9.47 Å². The molecule has 0 amide bonds. The van der Waals surface area contributed by atoms with E-state index >= 15 is 0 Å². The Balaban J connectivity index is 1.36. The minimum atomic E-state index is 0.0649. The number of rotatable bonds is 7. The number of nitrogens with zero attached hydrogens (tertiary/aromatic N) is 2. The average molecular weight is 389 g/mol. The largest absolute Gasteiger partial charge is 0.489 e. The van der Waals surface area contributed by atoms with Crippen LogP contribution in [-0.2, 0) is 4.74 Å². The van der Waals surface area contributed by atoms with Gasteiger partial charge in [-0.2, -0.15) is 0 Å². The first-order valence-corrected chi connectivity index (χ1v) is 10.6. The van der Waals surface area contributed by atoms with E-state index in [0.29, 0.717) is 12.6 Å². The summed E-state index contributed by atoms with van der Waals surface area (Å²) in [5, 5.41) is 6.99. The molecule has 2 atom stereocenters. The summed E-state index contributed by atoms with van der Waals surface area (Å²) in [6.07, 6.45) is 3.60. The van der Waals surface area contributed by atoms with Crippen LogP contribution in [-0.4, -0.2) is 69.4 Å². The zero-order chi connectivity index (χ0) is 19.8. The predicted octanol–water partition coefficient (Wildman–Crippen LogP) is 2.43. The van der Waals surface area contributed by atoms with Crippen molar-refractivity contribution in [2.45, 2.75) is 45.3 Å². The number of likely N-dealkylation sites (tertiary alicyclic amines) is 1. The van der Waals surface area contributed by atoms with E-state index < -0.39 is 0 Å². The van der Waals surface area contributed by atoms with E-state index in [-0.39, 0.29) is 6.10 Å². The van der Waals surface area contributed by atoms with Gasteiger partial charge in [0.15, 0.2) is 5.96 Å². The van der Waals surface area contributed by atoms with Gasteiger partial charge in [0.25, 0.3) is 0 Å². The number of hydrogen-bond acceptors (Lipinski definition) is 4. The number of benzene rings is 1. The van der Waals surface area contributed by atoms with Crippen LogP contribution >= 0.6 is 0 Å². The third-order valence-electron chi connectivity index (χ3n) is 5.67. The Labute approximate surface area is 169 Å². The predicted molar refractivity (Wildman–Crippen MR) is 114 cm³/mol. The maximum atomic E-state index is 6.05. The van der Waals surface area contributed by atoms with Crippen LogP contribution < -0.4 is 15.4 Å². The Hall–Kier alpha value is -1.79. The number of nitrogens with one attached hydrogen (secondary N) is 2. The highest BCUT2D eigenvalue weighted by Crippen LogP contribution is 2.18. The zero-order valence-electron chi connectivity index (χ0n) is 17.6. The second-order valence-electron chi connectivity index (χ2n) is 8.10. The molecule has 3 rings (SSSR count). The summed E-state index contributed by atoms with van der Waals surface area (Å²) < 4.78 is 11.5. The summed E-state index contributed by atoms with van der Waals surface area (Å²) in [6, 6.07) is 8.61. The van der Waals surface area contributed by atoms with Crippen LogP contribution in [0.1, 0.15) is 31.7 Å². The van der Waals surface area contributed by atoms with Crippen molar-refractivity contribution in [3.63, 3.8) is 0 Å². The van der Waals surface area contributed by atoms with Gasteiger partial charge in [-0.15, -0.1) is 0 Å². The molecule has 0 saturated carbocycles. The fraction of sp³-hybridized carbons (Fsp3) is 0.682. The lowest BCUT2D eigenvalue weighted by Crippen LogP contribution is -2.50. The van der Waals surface area contributed by atoms with E-state index in [1.807, 2.05) is 25.2 Å². The normalized spacial score (nSPS) is 22.8. The molecule has 2 unspecified atom stereocenters. The van der Waals surface area contributed by atoms with Crippen LogP contribution in [0.2, 0.25) is 0 Å². The van der Waals surface area contributed by atoms with Gasteiger partial charge in [0.05, 0.1) is 13.2 Å². The van der Waals surface area contributed by atoms with Gasteiger partial charge in [-0.3, -0.25) is 4.99 Å². The first kappa shape index (κ1) is 20.9. The maximum absolute atomic E-state index is 6.05. The van der Waals surface area contributed by atoms with Crippen LogP contribution in [0.3, 0.4) is 0 Å². The monoisotopic (exact) mass is 388 g/mol. The Morgan fingerprint density at radius 3 is 2.75 bits per heavy atom. The van der Waals surface area contributed by atoms with Crippen molar-refractivity contribution in [3.8, 4) is 5.75 Å². The molecule has 1 aromatic rings. The maximum Gasteiger partial charge on any atom is 0.191 e. The zero-order valence-corrected chi connectivity index (χ0v) is 17.6. The molecule has 2 heterocycles. The minimum absolute atomic E-state index is 0.0649. The second-order valence-corrected chi connectivity index (χ2v) is 8.10. The van der Waals surface area contributed by atoms with Gasteiger partial charge in [-0.1, -0.05) is 18.2 Å².